The lowest BCUT2D eigenvalue weighted by molar-refractivity contribution is -0.115. The number of carbonyl (C=O) groups excluding carboxylic acids is 1. The molecule has 0 aromatic carbocycles. The summed E-state index contributed by atoms with van der Waals surface area (Å²) in [6.07, 6.45) is 2.27. The van der Waals surface area contributed by atoms with Crippen LogP contribution in [-0.2, 0) is 14.3 Å². The molecule has 1 aromatic rings. The van der Waals surface area contributed by atoms with Crippen LogP contribution < -0.4 is 5.32 Å². The molecular formula is C14H21BN2O5S. The minimum Gasteiger partial charge on any atom is -0.426 e. The Morgan fingerprint density at radius 3 is 3.04 bits per heavy atom. The summed E-state index contributed by atoms with van der Waals surface area (Å²) in [5.74, 6) is -0.915. The summed E-state index contributed by atoms with van der Waals surface area (Å²) < 4.78 is 5.46. The van der Waals surface area contributed by atoms with Crippen LogP contribution in [0.25, 0.3) is 0 Å². The Morgan fingerprint density at radius 2 is 2.43 bits per heavy atom. The maximum absolute atomic E-state index is 12.5. The van der Waals surface area contributed by atoms with Crippen molar-refractivity contribution in [3.8, 4) is 0 Å². The average molecular weight is 340 g/mol. The van der Waals surface area contributed by atoms with Gasteiger partial charge >= 0.3 is 7.12 Å². The molecule has 0 spiro atoms. The average Bonchev–Trinajstić information content (AvgIpc) is 3.07. The summed E-state index contributed by atoms with van der Waals surface area (Å²) in [5, 5.41) is 27.1. The highest BCUT2D eigenvalue weighted by molar-refractivity contribution is 7.13. The lowest BCUT2D eigenvalue weighted by Crippen LogP contribution is -2.54. The fourth-order valence-electron chi connectivity index (χ4n) is 2.31. The fraction of sp³-hybridized carbons (Fsp3) is 0.571. The third-order valence-corrected chi connectivity index (χ3v) is 4.43. The number of oxime groups is 1. The lowest BCUT2D eigenvalue weighted by atomic mass is 9.72. The number of amides is 1. The second kappa shape index (κ2) is 9.02. The molecular weight excluding hydrogens is 319 g/mol. The Labute approximate surface area is 139 Å². The first-order chi connectivity index (χ1) is 11.2. The van der Waals surface area contributed by atoms with Crippen LogP contribution in [0.2, 0.25) is 0 Å². The fourth-order valence-corrected chi connectivity index (χ4v) is 3.01. The van der Waals surface area contributed by atoms with Gasteiger partial charge in [0.1, 0.15) is 6.61 Å². The number of thiophene rings is 1. The number of aliphatic hydroxyl groups is 1. The molecule has 2 unspecified atom stereocenters. The van der Waals surface area contributed by atoms with E-state index in [0.717, 1.165) is 12.8 Å². The molecule has 3 N–H and O–H groups in total. The van der Waals surface area contributed by atoms with Gasteiger partial charge in [0.15, 0.2) is 5.71 Å². The van der Waals surface area contributed by atoms with Crippen molar-refractivity contribution in [2.45, 2.75) is 38.2 Å². The van der Waals surface area contributed by atoms with Crippen molar-refractivity contribution in [3.63, 3.8) is 0 Å². The first-order valence-corrected chi connectivity index (χ1v) is 8.52. The largest absolute Gasteiger partial charge is 0.478 e. The van der Waals surface area contributed by atoms with Crippen molar-refractivity contribution < 1.29 is 24.4 Å². The van der Waals surface area contributed by atoms with Crippen LogP contribution >= 0.6 is 11.3 Å². The zero-order chi connectivity index (χ0) is 16.7. The molecule has 9 heteroatoms. The van der Waals surface area contributed by atoms with Crippen LogP contribution in [0.15, 0.2) is 22.7 Å². The predicted molar refractivity (Wildman–Crippen MR) is 88.2 cm³/mol. The second-order valence-corrected chi connectivity index (χ2v) is 6.14. The SMILES string of the molecule is CCC1CCC(NC(=O)/C(=N\OCCO)c2cccs2)B(O)O1. The normalized spacial score (nSPS) is 22.0. The van der Waals surface area contributed by atoms with Gasteiger partial charge in [0.05, 0.1) is 17.4 Å². The van der Waals surface area contributed by atoms with E-state index in [0.29, 0.717) is 11.3 Å². The molecule has 0 saturated carbocycles. The minimum absolute atomic E-state index is 0.00942. The van der Waals surface area contributed by atoms with Gasteiger partial charge in [0, 0.05) is 6.10 Å². The van der Waals surface area contributed by atoms with E-state index < -0.39 is 19.0 Å². The number of aliphatic hydroxyl groups excluding tert-OH is 1. The van der Waals surface area contributed by atoms with Crippen molar-refractivity contribution in [1.82, 2.24) is 5.32 Å². The van der Waals surface area contributed by atoms with E-state index in [4.69, 9.17) is 14.6 Å². The van der Waals surface area contributed by atoms with E-state index in [-0.39, 0.29) is 25.0 Å². The maximum Gasteiger partial charge on any atom is 0.478 e. The van der Waals surface area contributed by atoms with E-state index in [2.05, 4.69) is 10.5 Å². The Bertz CT molecular complexity index is 525. The minimum atomic E-state index is -1.03. The highest BCUT2D eigenvalue weighted by Crippen LogP contribution is 2.19. The highest BCUT2D eigenvalue weighted by atomic mass is 32.1. The summed E-state index contributed by atoms with van der Waals surface area (Å²) in [7, 11) is -1.03. The van der Waals surface area contributed by atoms with Crippen LogP contribution in [0, 0.1) is 0 Å². The summed E-state index contributed by atoms with van der Waals surface area (Å²) >= 11 is 1.36. The molecule has 1 aliphatic rings. The number of hydrogen-bond donors (Lipinski definition) is 3. The maximum atomic E-state index is 12.5. The van der Waals surface area contributed by atoms with Crippen molar-refractivity contribution in [2.24, 2.45) is 5.16 Å². The van der Waals surface area contributed by atoms with Crippen LogP contribution in [0.5, 0.6) is 0 Å². The zero-order valence-electron chi connectivity index (χ0n) is 13.0. The quantitative estimate of drug-likeness (QED) is 0.291. The van der Waals surface area contributed by atoms with Gasteiger partial charge in [-0.2, -0.15) is 0 Å². The second-order valence-electron chi connectivity index (χ2n) is 5.19. The standard InChI is InChI=1S/C14H21BN2O5S/c1-2-10-5-6-12(15(20)22-10)16-14(19)13(17-21-8-7-18)11-4-3-9-23-11/h3-4,9-10,12,18,20H,2,5-8H2,1H3,(H,16,19)/b17-13-. The van der Waals surface area contributed by atoms with Gasteiger partial charge < -0.3 is 24.9 Å². The predicted octanol–water partition coefficient (Wildman–Crippen LogP) is 0.555. The summed E-state index contributed by atoms with van der Waals surface area (Å²) in [4.78, 5) is 18.0. The molecule has 0 radical (unpaired) electrons. The van der Waals surface area contributed by atoms with Gasteiger partial charge in [-0.25, -0.2) is 0 Å². The molecule has 7 nitrogen and oxygen atoms in total. The van der Waals surface area contributed by atoms with Crippen molar-refractivity contribution in [1.29, 1.82) is 0 Å². The number of hydrogen-bond acceptors (Lipinski definition) is 7. The molecule has 2 atom stereocenters. The van der Waals surface area contributed by atoms with Gasteiger partial charge in [-0.15, -0.1) is 11.3 Å². The number of nitrogens with zero attached hydrogens (tertiary/aromatic N) is 1. The number of carbonyl (C=O) groups is 1. The van der Waals surface area contributed by atoms with Gasteiger partial charge in [-0.05, 0) is 30.7 Å². The zero-order valence-corrected chi connectivity index (χ0v) is 13.8. The molecule has 126 valence electrons. The van der Waals surface area contributed by atoms with E-state index in [1.807, 2.05) is 12.3 Å². The van der Waals surface area contributed by atoms with Crippen LogP contribution in [-0.4, -0.2) is 54.1 Å². The molecule has 1 aromatic heterocycles. The molecule has 0 aliphatic carbocycles. The molecule has 2 heterocycles. The number of nitrogens with one attached hydrogen (secondary N) is 1. The van der Waals surface area contributed by atoms with Crippen LogP contribution in [0.1, 0.15) is 31.1 Å². The van der Waals surface area contributed by atoms with Crippen molar-refractivity contribution in [3.05, 3.63) is 22.4 Å². The monoisotopic (exact) mass is 340 g/mol. The lowest BCUT2D eigenvalue weighted by Gasteiger charge is -2.31. The first-order valence-electron chi connectivity index (χ1n) is 7.64. The van der Waals surface area contributed by atoms with Gasteiger partial charge in [0.2, 0.25) is 0 Å². The molecule has 1 saturated heterocycles. The first kappa shape index (κ1) is 17.9. The topological polar surface area (TPSA) is 100 Å². The molecule has 23 heavy (non-hydrogen) atoms. The van der Waals surface area contributed by atoms with Gasteiger partial charge in [-0.1, -0.05) is 18.1 Å². The van der Waals surface area contributed by atoms with E-state index in [1.54, 1.807) is 12.1 Å². The van der Waals surface area contributed by atoms with Crippen molar-refractivity contribution in [2.75, 3.05) is 13.2 Å². The Kier molecular flexibility index (Phi) is 7.03. The third kappa shape index (κ3) is 5.03. The van der Waals surface area contributed by atoms with Crippen molar-refractivity contribution >= 4 is 30.1 Å². The molecule has 1 amide bonds. The van der Waals surface area contributed by atoms with Gasteiger partial charge in [-0.3, -0.25) is 4.79 Å². The molecule has 2 rings (SSSR count). The van der Waals surface area contributed by atoms with Gasteiger partial charge in [0.25, 0.3) is 5.91 Å². The summed E-state index contributed by atoms with van der Waals surface area (Å²) in [6, 6.07) is 3.56. The number of rotatable bonds is 7. The molecule has 1 fully saturated rings. The summed E-state index contributed by atoms with van der Waals surface area (Å²) in [6.45, 7) is 1.82. The Balaban J connectivity index is 2.02. The molecule has 0 bridgehead atoms. The van der Waals surface area contributed by atoms with E-state index >= 15 is 0 Å². The smallest absolute Gasteiger partial charge is 0.426 e. The summed E-state index contributed by atoms with van der Waals surface area (Å²) in [5.41, 5.74) is 0.123. The Hall–Kier alpha value is -1.42. The Morgan fingerprint density at radius 1 is 1.61 bits per heavy atom. The van der Waals surface area contributed by atoms with Crippen LogP contribution in [0.3, 0.4) is 0 Å². The van der Waals surface area contributed by atoms with Crippen LogP contribution in [0.4, 0.5) is 0 Å². The molecule has 1 aliphatic heterocycles. The highest BCUT2D eigenvalue weighted by Gasteiger charge is 2.36. The van der Waals surface area contributed by atoms with E-state index in [9.17, 15) is 9.82 Å². The third-order valence-electron chi connectivity index (χ3n) is 3.56. The van der Waals surface area contributed by atoms with E-state index in [1.165, 1.54) is 11.3 Å².